The molecule has 0 amide bonds. The maximum atomic E-state index is 12.1. The lowest BCUT2D eigenvalue weighted by Crippen LogP contribution is -2.37. The van der Waals surface area contributed by atoms with Gasteiger partial charge in [-0.3, -0.25) is 4.99 Å². The third kappa shape index (κ3) is 10.0. The first kappa shape index (κ1) is 24.3. The quantitative estimate of drug-likeness (QED) is 0.179. The third-order valence-electron chi connectivity index (χ3n) is 3.27. The number of aliphatic imine (C=N–C) groups is 1. The Morgan fingerprint density at radius 2 is 1.89 bits per heavy atom. The first-order valence-electron chi connectivity index (χ1n) is 8.23. The summed E-state index contributed by atoms with van der Waals surface area (Å²) in [6.07, 6.45) is -2.91. The van der Waals surface area contributed by atoms with Crippen molar-refractivity contribution in [1.29, 1.82) is 0 Å². The summed E-state index contributed by atoms with van der Waals surface area (Å²) in [6.45, 7) is -0.172. The Hall–Kier alpha value is -1.69. The van der Waals surface area contributed by atoms with Gasteiger partial charge in [-0.05, 0) is 17.7 Å². The third-order valence-corrected chi connectivity index (χ3v) is 4.29. The predicted molar refractivity (Wildman–Crippen MR) is 117 cm³/mol. The molecule has 0 saturated heterocycles. The van der Waals surface area contributed by atoms with E-state index < -0.39 is 12.8 Å². The van der Waals surface area contributed by atoms with Crippen molar-refractivity contribution in [3.8, 4) is 5.88 Å². The summed E-state index contributed by atoms with van der Waals surface area (Å²) >= 11 is 1.75. The zero-order valence-electron chi connectivity index (χ0n) is 15.2. The van der Waals surface area contributed by atoms with E-state index in [1.165, 1.54) is 17.2 Å². The number of hydrogen-bond acceptors (Lipinski definition) is 4. The van der Waals surface area contributed by atoms with Crippen LogP contribution in [0, 0.1) is 0 Å². The van der Waals surface area contributed by atoms with Crippen LogP contribution in [0.5, 0.6) is 5.88 Å². The topological polar surface area (TPSA) is 58.5 Å². The fourth-order valence-electron chi connectivity index (χ4n) is 2.02. The lowest BCUT2D eigenvalue weighted by Gasteiger charge is -2.12. The largest absolute Gasteiger partial charge is 0.468 e. The minimum atomic E-state index is -4.38. The van der Waals surface area contributed by atoms with E-state index in [4.69, 9.17) is 0 Å². The maximum Gasteiger partial charge on any atom is 0.422 e. The molecule has 2 aromatic rings. The van der Waals surface area contributed by atoms with Crippen molar-refractivity contribution in [2.75, 3.05) is 26.0 Å². The molecule has 1 aromatic heterocycles. The molecule has 154 valence electrons. The van der Waals surface area contributed by atoms with Crippen molar-refractivity contribution in [2.45, 2.75) is 17.6 Å². The molecule has 5 nitrogen and oxygen atoms in total. The SMILES string of the molecule is CN=C(NCCSc1ccccc1)NCc1ccc(OCC(F)(F)F)nc1.I. The van der Waals surface area contributed by atoms with Gasteiger partial charge in [0.15, 0.2) is 12.6 Å². The molecule has 2 N–H and O–H groups in total. The standard InChI is InChI=1S/C18H21F3N4OS.HI/c1-22-17(23-9-10-27-15-5-3-2-4-6-15)25-12-14-7-8-16(24-11-14)26-13-18(19,20)21;/h2-8,11H,9-10,12-13H2,1H3,(H2,22,23,25);1H. The molecule has 0 saturated carbocycles. The number of pyridine rings is 1. The van der Waals surface area contributed by atoms with Crippen molar-refractivity contribution in [1.82, 2.24) is 15.6 Å². The van der Waals surface area contributed by atoms with Crippen LogP contribution in [0.25, 0.3) is 0 Å². The van der Waals surface area contributed by atoms with E-state index in [0.29, 0.717) is 12.5 Å². The van der Waals surface area contributed by atoms with Gasteiger partial charge >= 0.3 is 6.18 Å². The summed E-state index contributed by atoms with van der Waals surface area (Å²) in [5, 5.41) is 6.34. The number of alkyl halides is 3. The second-order valence-corrected chi connectivity index (χ2v) is 6.59. The maximum absolute atomic E-state index is 12.1. The second-order valence-electron chi connectivity index (χ2n) is 5.42. The highest BCUT2D eigenvalue weighted by molar-refractivity contribution is 14.0. The van der Waals surface area contributed by atoms with Crippen LogP contribution in [0.2, 0.25) is 0 Å². The molecule has 0 aliphatic rings. The van der Waals surface area contributed by atoms with E-state index in [1.54, 1.807) is 24.9 Å². The Bertz CT molecular complexity index is 715. The Balaban J connectivity index is 0.00000392. The van der Waals surface area contributed by atoms with Crippen molar-refractivity contribution in [3.05, 3.63) is 54.2 Å². The lowest BCUT2D eigenvalue weighted by molar-refractivity contribution is -0.154. The molecule has 0 fully saturated rings. The van der Waals surface area contributed by atoms with Gasteiger partial charge in [0.25, 0.3) is 0 Å². The Labute approximate surface area is 183 Å². The van der Waals surface area contributed by atoms with Crippen molar-refractivity contribution >= 4 is 41.7 Å². The number of ether oxygens (including phenoxy) is 1. The zero-order valence-corrected chi connectivity index (χ0v) is 18.3. The average Bonchev–Trinajstić information content (AvgIpc) is 2.67. The molecular formula is C18H22F3IN4OS. The smallest absolute Gasteiger partial charge is 0.422 e. The number of nitrogens with zero attached hydrogens (tertiary/aromatic N) is 2. The number of thioether (sulfide) groups is 1. The molecule has 28 heavy (non-hydrogen) atoms. The first-order valence-corrected chi connectivity index (χ1v) is 9.22. The molecule has 0 radical (unpaired) electrons. The fourth-order valence-corrected chi connectivity index (χ4v) is 2.81. The number of hydrogen-bond donors (Lipinski definition) is 2. The number of nitrogens with one attached hydrogen (secondary N) is 2. The monoisotopic (exact) mass is 526 g/mol. The van der Waals surface area contributed by atoms with Gasteiger partial charge in [0.1, 0.15) is 0 Å². The number of guanidine groups is 1. The van der Waals surface area contributed by atoms with Crippen LogP contribution in [-0.4, -0.2) is 43.1 Å². The summed E-state index contributed by atoms with van der Waals surface area (Å²) in [6, 6.07) is 13.2. The number of rotatable bonds is 8. The van der Waals surface area contributed by atoms with Gasteiger partial charge in [0.2, 0.25) is 5.88 Å². The fraction of sp³-hybridized carbons (Fsp3) is 0.333. The van der Waals surface area contributed by atoms with Crippen LogP contribution in [0.4, 0.5) is 13.2 Å². The van der Waals surface area contributed by atoms with Crippen molar-refractivity contribution < 1.29 is 17.9 Å². The summed E-state index contributed by atoms with van der Waals surface area (Å²) in [5.41, 5.74) is 0.802. The van der Waals surface area contributed by atoms with Crippen LogP contribution in [0.3, 0.4) is 0 Å². The summed E-state index contributed by atoms with van der Waals surface area (Å²) in [7, 11) is 1.67. The van der Waals surface area contributed by atoms with Gasteiger partial charge in [0.05, 0.1) is 0 Å². The van der Waals surface area contributed by atoms with E-state index in [0.717, 1.165) is 17.9 Å². The van der Waals surface area contributed by atoms with Gasteiger partial charge in [-0.1, -0.05) is 24.3 Å². The van der Waals surface area contributed by atoms with Crippen molar-refractivity contribution in [3.63, 3.8) is 0 Å². The molecule has 0 aliphatic carbocycles. The lowest BCUT2D eigenvalue weighted by atomic mass is 10.3. The summed E-state index contributed by atoms with van der Waals surface area (Å²) in [5.74, 6) is 1.47. The van der Waals surface area contributed by atoms with Crippen LogP contribution in [0.15, 0.2) is 58.5 Å². The summed E-state index contributed by atoms with van der Waals surface area (Å²) < 4.78 is 40.9. The van der Waals surface area contributed by atoms with Crippen molar-refractivity contribution in [2.24, 2.45) is 4.99 Å². The van der Waals surface area contributed by atoms with E-state index >= 15 is 0 Å². The molecule has 1 aromatic carbocycles. The van der Waals surface area contributed by atoms with E-state index in [2.05, 4.69) is 37.5 Å². The molecule has 1 heterocycles. The number of benzene rings is 1. The Kier molecular flexibility index (Phi) is 11.0. The molecule has 10 heteroatoms. The molecule has 0 aliphatic heterocycles. The summed E-state index contributed by atoms with van der Waals surface area (Å²) in [4.78, 5) is 9.21. The molecule has 0 spiro atoms. The van der Waals surface area contributed by atoms with E-state index in [-0.39, 0.29) is 29.9 Å². The Morgan fingerprint density at radius 3 is 2.50 bits per heavy atom. The second kappa shape index (κ2) is 12.7. The van der Waals surface area contributed by atoms with Crippen LogP contribution in [0.1, 0.15) is 5.56 Å². The zero-order chi connectivity index (χ0) is 19.5. The molecule has 2 rings (SSSR count). The van der Waals surface area contributed by atoms with Crippen LogP contribution < -0.4 is 15.4 Å². The minimum Gasteiger partial charge on any atom is -0.468 e. The molecule has 0 atom stereocenters. The molecule has 0 unspecified atom stereocenters. The number of aromatic nitrogens is 1. The average molecular weight is 526 g/mol. The molecule has 0 bridgehead atoms. The minimum absolute atomic E-state index is 0. The first-order chi connectivity index (χ1) is 13.0. The predicted octanol–water partition coefficient (Wildman–Crippen LogP) is 4.10. The molecular weight excluding hydrogens is 504 g/mol. The highest BCUT2D eigenvalue weighted by atomic mass is 127. The van der Waals surface area contributed by atoms with Gasteiger partial charge in [-0.15, -0.1) is 35.7 Å². The highest BCUT2D eigenvalue weighted by Gasteiger charge is 2.28. The number of halogens is 4. The van der Waals surface area contributed by atoms with E-state index in [9.17, 15) is 13.2 Å². The van der Waals surface area contributed by atoms with Gasteiger partial charge < -0.3 is 15.4 Å². The van der Waals surface area contributed by atoms with Gasteiger partial charge in [-0.25, -0.2) is 4.98 Å². The van der Waals surface area contributed by atoms with Gasteiger partial charge in [0, 0.05) is 43.0 Å². The van der Waals surface area contributed by atoms with E-state index in [1.807, 2.05) is 18.2 Å². The highest BCUT2D eigenvalue weighted by Crippen LogP contribution is 2.17. The Morgan fingerprint density at radius 1 is 1.14 bits per heavy atom. The van der Waals surface area contributed by atoms with Gasteiger partial charge in [-0.2, -0.15) is 13.2 Å². The van der Waals surface area contributed by atoms with Crippen LogP contribution >= 0.6 is 35.7 Å². The van der Waals surface area contributed by atoms with Crippen LogP contribution in [-0.2, 0) is 6.54 Å². The normalized spacial score (nSPS) is 11.5.